The predicted octanol–water partition coefficient (Wildman–Crippen LogP) is 1.82. The molecule has 0 aliphatic rings. The number of benzene rings is 1. The minimum Gasteiger partial charge on any atom is -0.380 e. The Morgan fingerprint density at radius 3 is 2.74 bits per heavy atom. The Morgan fingerprint density at radius 2 is 2.11 bits per heavy atom. The number of rotatable bonds is 7. The zero-order valence-corrected chi connectivity index (χ0v) is 12.0. The van der Waals surface area contributed by atoms with E-state index >= 15 is 0 Å². The van der Waals surface area contributed by atoms with Crippen molar-refractivity contribution in [3.8, 4) is 0 Å². The van der Waals surface area contributed by atoms with Crippen molar-refractivity contribution < 1.29 is 9.53 Å². The van der Waals surface area contributed by atoms with Crippen molar-refractivity contribution >= 4 is 5.91 Å². The van der Waals surface area contributed by atoms with Crippen molar-refractivity contribution in [2.24, 2.45) is 11.7 Å². The van der Waals surface area contributed by atoms with Crippen LogP contribution >= 0.6 is 0 Å². The number of nitrogens with one attached hydrogen (secondary N) is 1. The number of hydrogen-bond acceptors (Lipinski definition) is 3. The molecule has 0 bridgehead atoms. The van der Waals surface area contributed by atoms with E-state index in [4.69, 9.17) is 10.5 Å². The van der Waals surface area contributed by atoms with E-state index in [9.17, 15) is 4.79 Å². The van der Waals surface area contributed by atoms with Crippen molar-refractivity contribution in [2.45, 2.75) is 39.5 Å². The lowest BCUT2D eigenvalue weighted by molar-refractivity contribution is -0.123. The van der Waals surface area contributed by atoms with Gasteiger partial charge in [0.2, 0.25) is 5.91 Å². The van der Waals surface area contributed by atoms with E-state index < -0.39 is 6.04 Å². The second-order valence-corrected chi connectivity index (χ2v) is 4.88. The molecule has 2 atom stereocenters. The molecule has 4 heteroatoms. The fourth-order valence-electron chi connectivity index (χ4n) is 1.82. The Kier molecular flexibility index (Phi) is 6.53. The van der Waals surface area contributed by atoms with Crippen molar-refractivity contribution in [1.82, 2.24) is 5.32 Å². The van der Waals surface area contributed by atoms with Gasteiger partial charge in [0.25, 0.3) is 0 Å². The van der Waals surface area contributed by atoms with Gasteiger partial charge in [0.05, 0.1) is 12.6 Å². The molecule has 1 rings (SSSR count). The SMILES string of the molecule is CCC(C)C(N)C(=O)NCc1cccc(COC)c1. The summed E-state index contributed by atoms with van der Waals surface area (Å²) in [5.41, 5.74) is 8.03. The Morgan fingerprint density at radius 1 is 1.42 bits per heavy atom. The highest BCUT2D eigenvalue weighted by atomic mass is 16.5. The Labute approximate surface area is 115 Å². The smallest absolute Gasteiger partial charge is 0.237 e. The van der Waals surface area contributed by atoms with Crippen molar-refractivity contribution in [1.29, 1.82) is 0 Å². The summed E-state index contributed by atoms with van der Waals surface area (Å²) < 4.78 is 5.09. The van der Waals surface area contributed by atoms with Gasteiger partial charge in [-0.3, -0.25) is 4.79 Å². The molecule has 0 spiro atoms. The molecule has 0 radical (unpaired) electrons. The van der Waals surface area contributed by atoms with Gasteiger partial charge in [-0.15, -0.1) is 0 Å². The number of carbonyl (C=O) groups is 1. The average molecular weight is 264 g/mol. The molecule has 2 unspecified atom stereocenters. The van der Waals surface area contributed by atoms with Gasteiger partial charge in [-0.25, -0.2) is 0 Å². The summed E-state index contributed by atoms with van der Waals surface area (Å²) in [7, 11) is 1.67. The molecule has 3 N–H and O–H groups in total. The van der Waals surface area contributed by atoms with E-state index in [1.807, 2.05) is 38.1 Å². The maximum atomic E-state index is 11.9. The molecule has 0 saturated heterocycles. The highest BCUT2D eigenvalue weighted by Gasteiger charge is 2.18. The highest BCUT2D eigenvalue weighted by Crippen LogP contribution is 2.08. The molecule has 19 heavy (non-hydrogen) atoms. The number of carbonyl (C=O) groups excluding carboxylic acids is 1. The van der Waals surface area contributed by atoms with Crippen molar-refractivity contribution in [3.05, 3.63) is 35.4 Å². The zero-order valence-electron chi connectivity index (χ0n) is 12.0. The molecule has 0 aromatic heterocycles. The van der Waals surface area contributed by atoms with Crippen LogP contribution in [0.4, 0.5) is 0 Å². The average Bonchev–Trinajstić information content (AvgIpc) is 2.44. The number of ether oxygens (including phenoxy) is 1. The predicted molar refractivity (Wildman–Crippen MR) is 76.4 cm³/mol. The first kappa shape index (κ1) is 15.7. The van der Waals surface area contributed by atoms with Crippen LogP contribution in [0, 0.1) is 5.92 Å². The Bertz CT molecular complexity index is 407. The van der Waals surface area contributed by atoms with Crippen LogP contribution in [0.25, 0.3) is 0 Å². The van der Waals surface area contributed by atoms with Gasteiger partial charge in [-0.1, -0.05) is 44.5 Å². The van der Waals surface area contributed by atoms with Crippen LogP contribution in [0.5, 0.6) is 0 Å². The van der Waals surface area contributed by atoms with Gasteiger partial charge in [0, 0.05) is 13.7 Å². The molecule has 0 aliphatic carbocycles. The zero-order chi connectivity index (χ0) is 14.3. The summed E-state index contributed by atoms with van der Waals surface area (Å²) in [5.74, 6) is 0.103. The highest BCUT2D eigenvalue weighted by molar-refractivity contribution is 5.81. The van der Waals surface area contributed by atoms with Gasteiger partial charge in [0.15, 0.2) is 0 Å². The first-order chi connectivity index (χ1) is 9.08. The molecule has 1 aromatic carbocycles. The molecule has 4 nitrogen and oxygen atoms in total. The van der Waals surface area contributed by atoms with Crippen molar-refractivity contribution in [3.63, 3.8) is 0 Å². The first-order valence-corrected chi connectivity index (χ1v) is 6.68. The fourth-order valence-corrected chi connectivity index (χ4v) is 1.82. The van der Waals surface area contributed by atoms with Gasteiger partial charge in [-0.2, -0.15) is 0 Å². The van der Waals surface area contributed by atoms with E-state index in [1.165, 1.54) is 0 Å². The van der Waals surface area contributed by atoms with Crippen molar-refractivity contribution in [2.75, 3.05) is 7.11 Å². The van der Waals surface area contributed by atoms with Crippen LogP contribution in [0.2, 0.25) is 0 Å². The minimum absolute atomic E-state index is 0.0912. The van der Waals surface area contributed by atoms with Gasteiger partial charge >= 0.3 is 0 Å². The fraction of sp³-hybridized carbons (Fsp3) is 0.533. The van der Waals surface area contributed by atoms with E-state index in [2.05, 4.69) is 5.32 Å². The maximum Gasteiger partial charge on any atom is 0.237 e. The van der Waals surface area contributed by atoms with E-state index in [0.717, 1.165) is 17.5 Å². The third-order valence-corrected chi connectivity index (χ3v) is 3.33. The summed E-state index contributed by atoms with van der Waals surface area (Å²) >= 11 is 0. The van der Waals surface area contributed by atoms with Crippen LogP contribution in [-0.2, 0) is 22.7 Å². The summed E-state index contributed by atoms with van der Waals surface area (Å²) in [5, 5.41) is 2.88. The molecule has 1 aromatic rings. The molecular formula is C15H24N2O2. The number of nitrogens with two attached hydrogens (primary N) is 1. The lowest BCUT2D eigenvalue weighted by Crippen LogP contribution is -2.44. The summed E-state index contributed by atoms with van der Waals surface area (Å²) in [4.78, 5) is 11.9. The van der Waals surface area contributed by atoms with Crippen LogP contribution in [-0.4, -0.2) is 19.1 Å². The van der Waals surface area contributed by atoms with Crippen LogP contribution in [0.15, 0.2) is 24.3 Å². The normalized spacial score (nSPS) is 13.9. The molecule has 0 aliphatic heterocycles. The lowest BCUT2D eigenvalue weighted by Gasteiger charge is -2.17. The maximum absolute atomic E-state index is 11.9. The van der Waals surface area contributed by atoms with Gasteiger partial charge in [-0.05, 0) is 17.0 Å². The number of amides is 1. The topological polar surface area (TPSA) is 64.4 Å². The molecule has 0 heterocycles. The Balaban J connectivity index is 2.52. The summed E-state index contributed by atoms with van der Waals surface area (Å²) in [6.07, 6.45) is 0.901. The minimum atomic E-state index is -0.438. The number of hydrogen-bond donors (Lipinski definition) is 2. The summed E-state index contributed by atoms with van der Waals surface area (Å²) in [6, 6.07) is 7.53. The molecule has 1 amide bonds. The van der Waals surface area contributed by atoms with Crippen LogP contribution in [0.3, 0.4) is 0 Å². The van der Waals surface area contributed by atoms with E-state index in [-0.39, 0.29) is 11.8 Å². The lowest BCUT2D eigenvalue weighted by atomic mass is 9.99. The largest absolute Gasteiger partial charge is 0.380 e. The number of methoxy groups -OCH3 is 1. The monoisotopic (exact) mass is 264 g/mol. The molecule has 106 valence electrons. The molecular weight excluding hydrogens is 240 g/mol. The molecule has 0 fully saturated rings. The van der Waals surface area contributed by atoms with Crippen LogP contribution in [0.1, 0.15) is 31.4 Å². The van der Waals surface area contributed by atoms with E-state index in [1.54, 1.807) is 7.11 Å². The standard InChI is InChI=1S/C15H24N2O2/c1-4-11(2)14(16)15(18)17-9-12-6-5-7-13(8-12)10-19-3/h5-8,11,14H,4,9-10,16H2,1-3H3,(H,17,18). The quantitative estimate of drug-likeness (QED) is 0.789. The van der Waals surface area contributed by atoms with E-state index in [0.29, 0.717) is 13.2 Å². The molecule has 0 saturated carbocycles. The second kappa shape index (κ2) is 7.92. The third kappa shape index (κ3) is 5.01. The first-order valence-electron chi connectivity index (χ1n) is 6.68. The summed E-state index contributed by atoms with van der Waals surface area (Å²) in [6.45, 7) is 5.10. The third-order valence-electron chi connectivity index (χ3n) is 3.33. The van der Waals surface area contributed by atoms with Gasteiger partial charge in [0.1, 0.15) is 0 Å². The van der Waals surface area contributed by atoms with Crippen LogP contribution < -0.4 is 11.1 Å². The second-order valence-electron chi connectivity index (χ2n) is 4.88. The van der Waals surface area contributed by atoms with Gasteiger partial charge < -0.3 is 15.8 Å². The Hall–Kier alpha value is -1.39.